The van der Waals surface area contributed by atoms with Crippen LogP contribution >= 0.6 is 11.8 Å². The smallest absolute Gasteiger partial charge is 0.226 e. The van der Waals surface area contributed by atoms with Crippen LogP contribution in [0, 0.1) is 5.41 Å². The van der Waals surface area contributed by atoms with E-state index in [1.165, 1.54) is 19.3 Å². The number of hydrogen-bond acceptors (Lipinski definition) is 3. The summed E-state index contributed by atoms with van der Waals surface area (Å²) < 4.78 is 0. The Morgan fingerprint density at radius 2 is 2.00 bits per heavy atom. The van der Waals surface area contributed by atoms with Gasteiger partial charge in [0.15, 0.2) is 0 Å². The first-order valence-electron chi connectivity index (χ1n) is 7.76. The normalized spacial score (nSPS) is 30.8. The Balaban J connectivity index is 1.98. The van der Waals surface area contributed by atoms with Crippen molar-refractivity contribution in [1.29, 1.82) is 0 Å². The first kappa shape index (κ1) is 15.2. The third kappa shape index (κ3) is 3.46. The molecule has 2 unspecified atom stereocenters. The van der Waals surface area contributed by atoms with Gasteiger partial charge in [-0.1, -0.05) is 19.8 Å². The van der Waals surface area contributed by atoms with Crippen molar-refractivity contribution in [2.24, 2.45) is 5.41 Å². The zero-order chi connectivity index (χ0) is 13.7. The number of piperidine rings is 1. The molecule has 1 aliphatic carbocycles. The molecule has 110 valence electrons. The summed E-state index contributed by atoms with van der Waals surface area (Å²) >= 11 is 1.92. The van der Waals surface area contributed by atoms with Crippen LogP contribution in [0.5, 0.6) is 0 Å². The van der Waals surface area contributed by atoms with E-state index in [0.717, 1.165) is 38.8 Å². The molecule has 1 heterocycles. The molecule has 0 bridgehead atoms. The van der Waals surface area contributed by atoms with Gasteiger partial charge in [0.1, 0.15) is 0 Å². The number of hydrogen-bond donors (Lipinski definition) is 2. The number of amides is 1. The van der Waals surface area contributed by atoms with E-state index in [4.69, 9.17) is 0 Å². The summed E-state index contributed by atoms with van der Waals surface area (Å²) in [6.45, 7) is 4.13. The van der Waals surface area contributed by atoms with Crippen LogP contribution in [0.15, 0.2) is 0 Å². The lowest BCUT2D eigenvalue weighted by atomic mass is 9.75. The Morgan fingerprint density at radius 1 is 1.32 bits per heavy atom. The van der Waals surface area contributed by atoms with E-state index in [2.05, 4.69) is 23.8 Å². The molecule has 0 spiro atoms. The molecule has 0 aromatic carbocycles. The Kier molecular flexibility index (Phi) is 5.58. The van der Waals surface area contributed by atoms with Crippen molar-refractivity contribution in [2.75, 3.05) is 19.3 Å². The maximum absolute atomic E-state index is 12.7. The predicted octanol–water partition coefficient (Wildman–Crippen LogP) is 2.56. The van der Waals surface area contributed by atoms with Crippen LogP contribution in [-0.2, 0) is 4.79 Å². The lowest BCUT2D eigenvalue weighted by Crippen LogP contribution is -2.52. The second-order valence-electron chi connectivity index (χ2n) is 6.02. The lowest BCUT2D eigenvalue weighted by Gasteiger charge is -2.39. The Morgan fingerprint density at radius 3 is 2.63 bits per heavy atom. The van der Waals surface area contributed by atoms with Crippen molar-refractivity contribution in [3.63, 3.8) is 0 Å². The van der Waals surface area contributed by atoms with Gasteiger partial charge in [-0.15, -0.1) is 0 Å². The molecule has 0 aromatic rings. The Labute approximate surface area is 121 Å². The molecule has 1 aliphatic heterocycles. The quantitative estimate of drug-likeness (QED) is 0.833. The van der Waals surface area contributed by atoms with Crippen LogP contribution in [0.3, 0.4) is 0 Å². The van der Waals surface area contributed by atoms with Gasteiger partial charge in [0.05, 0.1) is 5.41 Å². The van der Waals surface area contributed by atoms with Gasteiger partial charge in [0.2, 0.25) is 5.91 Å². The van der Waals surface area contributed by atoms with Gasteiger partial charge in [0, 0.05) is 11.3 Å². The largest absolute Gasteiger partial charge is 0.352 e. The molecule has 3 nitrogen and oxygen atoms in total. The van der Waals surface area contributed by atoms with Crippen molar-refractivity contribution in [3.8, 4) is 0 Å². The van der Waals surface area contributed by atoms with Crippen LogP contribution in [-0.4, -0.2) is 36.5 Å². The molecule has 4 heteroatoms. The summed E-state index contributed by atoms with van der Waals surface area (Å²) in [5, 5.41) is 7.38. The molecule has 2 atom stereocenters. The number of rotatable bonds is 4. The van der Waals surface area contributed by atoms with E-state index >= 15 is 0 Å². The second-order valence-corrected chi connectivity index (χ2v) is 7.10. The van der Waals surface area contributed by atoms with Crippen molar-refractivity contribution < 1.29 is 4.79 Å². The predicted molar refractivity (Wildman–Crippen MR) is 82.5 cm³/mol. The standard InChI is InChI=1S/C15H28N2OS/c1-3-15(8-10-16-11-9-15)14(18)17-12-6-4-5-7-13(12)19-2/h12-13,16H,3-11H2,1-2H3,(H,17,18). The molecule has 2 N–H and O–H groups in total. The van der Waals surface area contributed by atoms with Crippen molar-refractivity contribution >= 4 is 17.7 Å². The van der Waals surface area contributed by atoms with Crippen molar-refractivity contribution in [2.45, 2.75) is 63.2 Å². The highest BCUT2D eigenvalue weighted by molar-refractivity contribution is 7.99. The fraction of sp³-hybridized carbons (Fsp3) is 0.933. The summed E-state index contributed by atoms with van der Waals surface area (Å²) in [6, 6.07) is 0.398. The maximum atomic E-state index is 12.7. The average molecular weight is 284 g/mol. The van der Waals surface area contributed by atoms with Gasteiger partial charge < -0.3 is 10.6 Å². The number of carbonyl (C=O) groups is 1. The molecular weight excluding hydrogens is 256 g/mol. The monoisotopic (exact) mass is 284 g/mol. The molecule has 2 fully saturated rings. The molecule has 1 amide bonds. The highest BCUT2D eigenvalue weighted by Gasteiger charge is 2.39. The van der Waals surface area contributed by atoms with Crippen LogP contribution in [0.2, 0.25) is 0 Å². The molecular formula is C15H28N2OS. The summed E-state index contributed by atoms with van der Waals surface area (Å²) in [7, 11) is 0. The molecule has 0 radical (unpaired) electrons. The first-order chi connectivity index (χ1) is 9.22. The minimum absolute atomic E-state index is 0.106. The molecule has 19 heavy (non-hydrogen) atoms. The summed E-state index contributed by atoms with van der Waals surface area (Å²) in [5.74, 6) is 0.322. The Bertz CT molecular complexity index is 303. The zero-order valence-corrected chi connectivity index (χ0v) is 13.2. The van der Waals surface area contributed by atoms with Crippen LogP contribution < -0.4 is 10.6 Å². The molecule has 2 rings (SSSR count). The van der Waals surface area contributed by atoms with Gasteiger partial charge in [0.25, 0.3) is 0 Å². The van der Waals surface area contributed by atoms with Crippen molar-refractivity contribution in [1.82, 2.24) is 10.6 Å². The van der Waals surface area contributed by atoms with Gasteiger partial charge in [-0.2, -0.15) is 11.8 Å². The van der Waals surface area contributed by atoms with E-state index in [-0.39, 0.29) is 5.41 Å². The first-order valence-corrected chi connectivity index (χ1v) is 9.05. The third-order valence-corrected chi connectivity index (χ3v) is 6.21. The maximum Gasteiger partial charge on any atom is 0.226 e. The lowest BCUT2D eigenvalue weighted by molar-refractivity contribution is -0.133. The molecule has 0 aromatic heterocycles. The fourth-order valence-electron chi connectivity index (χ4n) is 3.51. The van der Waals surface area contributed by atoms with Crippen molar-refractivity contribution in [3.05, 3.63) is 0 Å². The average Bonchev–Trinajstić information content (AvgIpc) is 2.48. The van der Waals surface area contributed by atoms with E-state index in [9.17, 15) is 4.79 Å². The number of carbonyl (C=O) groups excluding carboxylic acids is 1. The molecule has 1 saturated carbocycles. The van der Waals surface area contributed by atoms with Crippen LogP contribution in [0.25, 0.3) is 0 Å². The van der Waals surface area contributed by atoms with E-state index in [0.29, 0.717) is 17.2 Å². The summed E-state index contributed by atoms with van der Waals surface area (Å²) in [5.41, 5.74) is -0.106. The molecule has 2 aliphatic rings. The summed E-state index contributed by atoms with van der Waals surface area (Å²) in [4.78, 5) is 12.7. The van der Waals surface area contributed by atoms with Gasteiger partial charge in [-0.05, 0) is 51.4 Å². The topological polar surface area (TPSA) is 41.1 Å². The fourth-order valence-corrected chi connectivity index (χ4v) is 4.45. The highest BCUT2D eigenvalue weighted by Crippen LogP contribution is 2.34. The minimum Gasteiger partial charge on any atom is -0.352 e. The number of nitrogens with one attached hydrogen (secondary N) is 2. The van der Waals surface area contributed by atoms with E-state index in [1.54, 1.807) is 0 Å². The minimum atomic E-state index is -0.106. The van der Waals surface area contributed by atoms with E-state index < -0.39 is 0 Å². The zero-order valence-electron chi connectivity index (χ0n) is 12.3. The number of thioether (sulfide) groups is 1. The van der Waals surface area contributed by atoms with Crippen LogP contribution in [0.4, 0.5) is 0 Å². The SMILES string of the molecule is CCC1(C(=O)NC2CCCCC2SC)CCNCC1. The Hall–Kier alpha value is -0.220. The van der Waals surface area contributed by atoms with Gasteiger partial charge >= 0.3 is 0 Å². The van der Waals surface area contributed by atoms with Gasteiger partial charge in [-0.3, -0.25) is 4.79 Å². The second kappa shape index (κ2) is 6.98. The third-order valence-electron chi connectivity index (χ3n) is 5.04. The summed E-state index contributed by atoms with van der Waals surface area (Å²) in [6.07, 6.45) is 10.1. The van der Waals surface area contributed by atoms with Gasteiger partial charge in [-0.25, -0.2) is 0 Å². The molecule has 1 saturated heterocycles. The highest BCUT2D eigenvalue weighted by atomic mass is 32.2. The van der Waals surface area contributed by atoms with E-state index in [1.807, 2.05) is 11.8 Å². The van der Waals surface area contributed by atoms with Crippen LogP contribution in [0.1, 0.15) is 51.9 Å².